The highest BCUT2D eigenvalue weighted by atomic mass is 35.5. The van der Waals surface area contributed by atoms with Crippen molar-refractivity contribution in [2.24, 2.45) is 0 Å². The van der Waals surface area contributed by atoms with Gasteiger partial charge in [0.1, 0.15) is 5.75 Å². The Morgan fingerprint density at radius 3 is 3.00 bits per heavy atom. The zero-order valence-electron chi connectivity index (χ0n) is 11.2. The van der Waals surface area contributed by atoms with E-state index >= 15 is 0 Å². The summed E-state index contributed by atoms with van der Waals surface area (Å²) in [6, 6.07) is 14.2. The Bertz CT molecular complexity index is 802. The molecule has 0 fully saturated rings. The number of hydrogen-bond acceptors (Lipinski definition) is 4. The number of nitrogens with zero attached hydrogens (tertiary/aromatic N) is 1. The van der Waals surface area contributed by atoms with Gasteiger partial charge in [0.15, 0.2) is 5.13 Å². The Morgan fingerprint density at radius 2 is 2.10 bits per heavy atom. The lowest BCUT2D eigenvalue weighted by Crippen LogP contribution is -2.20. The second-order valence-electron chi connectivity index (χ2n) is 4.98. The maximum absolute atomic E-state index is 6.22. The van der Waals surface area contributed by atoms with Gasteiger partial charge in [0.05, 0.1) is 27.9 Å². The Balaban J connectivity index is 1.68. The molecule has 0 saturated carbocycles. The predicted molar refractivity (Wildman–Crippen MR) is 87.5 cm³/mol. The summed E-state index contributed by atoms with van der Waals surface area (Å²) in [7, 11) is 0. The highest BCUT2D eigenvalue weighted by Crippen LogP contribution is 2.37. The summed E-state index contributed by atoms with van der Waals surface area (Å²) >= 11 is 7.81. The molecule has 2 heterocycles. The quantitative estimate of drug-likeness (QED) is 0.731. The molecule has 0 bridgehead atoms. The molecule has 2 aromatic carbocycles. The minimum Gasteiger partial charge on any atom is -0.493 e. The zero-order chi connectivity index (χ0) is 14.2. The summed E-state index contributed by atoms with van der Waals surface area (Å²) in [5.74, 6) is 0.959. The van der Waals surface area contributed by atoms with Crippen LogP contribution in [0.1, 0.15) is 18.0 Å². The van der Waals surface area contributed by atoms with E-state index in [1.54, 1.807) is 11.3 Å². The van der Waals surface area contributed by atoms with Crippen molar-refractivity contribution < 1.29 is 4.74 Å². The standard InChI is InChI=1S/C16H13ClN2OS/c17-11-5-3-6-13-15(11)21-16(19-13)18-12-8-9-20-14-7-2-1-4-10(12)14/h1-7,12H,8-9H2,(H,18,19). The number of ether oxygens (including phenoxy) is 1. The van der Waals surface area contributed by atoms with Gasteiger partial charge in [-0.3, -0.25) is 0 Å². The van der Waals surface area contributed by atoms with E-state index < -0.39 is 0 Å². The third-order valence-electron chi connectivity index (χ3n) is 3.62. The minimum atomic E-state index is 0.231. The molecule has 1 N–H and O–H groups in total. The maximum Gasteiger partial charge on any atom is 0.184 e. The third-order valence-corrected chi connectivity index (χ3v) is 5.09. The van der Waals surface area contributed by atoms with Crippen molar-refractivity contribution in [3.63, 3.8) is 0 Å². The van der Waals surface area contributed by atoms with Gasteiger partial charge in [-0.2, -0.15) is 0 Å². The van der Waals surface area contributed by atoms with Crippen LogP contribution in [-0.4, -0.2) is 11.6 Å². The van der Waals surface area contributed by atoms with Crippen molar-refractivity contribution in [1.82, 2.24) is 4.98 Å². The highest BCUT2D eigenvalue weighted by Gasteiger charge is 2.22. The largest absolute Gasteiger partial charge is 0.493 e. The molecule has 21 heavy (non-hydrogen) atoms. The Hall–Kier alpha value is -1.78. The molecule has 4 rings (SSSR count). The molecule has 0 amide bonds. The molecule has 1 aromatic heterocycles. The van der Waals surface area contributed by atoms with E-state index in [4.69, 9.17) is 16.3 Å². The molecule has 106 valence electrons. The Kier molecular flexibility index (Phi) is 3.20. The monoisotopic (exact) mass is 316 g/mol. The maximum atomic E-state index is 6.22. The normalized spacial score (nSPS) is 17.3. The molecule has 0 radical (unpaired) electrons. The van der Waals surface area contributed by atoms with Crippen molar-refractivity contribution in [2.45, 2.75) is 12.5 Å². The van der Waals surface area contributed by atoms with Crippen molar-refractivity contribution in [3.8, 4) is 5.75 Å². The molecule has 3 aromatic rings. The SMILES string of the molecule is Clc1cccc2nc(NC3CCOc4ccccc43)sc12. The first kappa shape index (κ1) is 12.9. The van der Waals surface area contributed by atoms with Crippen molar-refractivity contribution >= 4 is 38.3 Å². The van der Waals surface area contributed by atoms with Gasteiger partial charge in [-0.05, 0) is 18.2 Å². The van der Waals surface area contributed by atoms with E-state index in [9.17, 15) is 0 Å². The molecule has 1 aliphatic rings. The molecular weight excluding hydrogens is 304 g/mol. The van der Waals surface area contributed by atoms with Crippen LogP contribution in [0.3, 0.4) is 0 Å². The van der Waals surface area contributed by atoms with Crippen LogP contribution in [0, 0.1) is 0 Å². The first-order valence-electron chi connectivity index (χ1n) is 6.84. The van der Waals surface area contributed by atoms with Gasteiger partial charge in [0.2, 0.25) is 0 Å². The van der Waals surface area contributed by atoms with E-state index in [0.29, 0.717) is 0 Å². The van der Waals surface area contributed by atoms with Crippen LogP contribution < -0.4 is 10.1 Å². The van der Waals surface area contributed by atoms with Gasteiger partial charge >= 0.3 is 0 Å². The topological polar surface area (TPSA) is 34.2 Å². The summed E-state index contributed by atoms with van der Waals surface area (Å²) < 4.78 is 6.72. The fraction of sp³-hybridized carbons (Fsp3) is 0.188. The second kappa shape index (κ2) is 5.20. The third kappa shape index (κ3) is 2.34. The van der Waals surface area contributed by atoms with Crippen LogP contribution in [0.5, 0.6) is 5.75 Å². The minimum absolute atomic E-state index is 0.231. The van der Waals surface area contributed by atoms with Gasteiger partial charge in [-0.15, -0.1) is 0 Å². The molecule has 0 saturated heterocycles. The number of benzene rings is 2. The number of rotatable bonds is 2. The number of nitrogens with one attached hydrogen (secondary N) is 1. The number of aromatic nitrogens is 1. The first-order chi connectivity index (χ1) is 10.3. The number of thiazole rings is 1. The number of hydrogen-bond donors (Lipinski definition) is 1. The van der Waals surface area contributed by atoms with E-state index in [-0.39, 0.29) is 6.04 Å². The number of halogens is 1. The van der Waals surface area contributed by atoms with Crippen LogP contribution in [0.4, 0.5) is 5.13 Å². The fourth-order valence-electron chi connectivity index (χ4n) is 2.62. The van der Waals surface area contributed by atoms with E-state index in [0.717, 1.165) is 39.1 Å². The van der Waals surface area contributed by atoms with Gasteiger partial charge in [0, 0.05) is 12.0 Å². The van der Waals surface area contributed by atoms with Gasteiger partial charge in [0.25, 0.3) is 0 Å². The molecule has 1 unspecified atom stereocenters. The molecular formula is C16H13ClN2OS. The predicted octanol–water partition coefficient (Wildman–Crippen LogP) is 4.89. The Morgan fingerprint density at radius 1 is 1.19 bits per heavy atom. The Labute approximate surface area is 131 Å². The number of fused-ring (bicyclic) bond motifs is 2. The summed E-state index contributed by atoms with van der Waals surface area (Å²) in [5, 5.41) is 5.18. The highest BCUT2D eigenvalue weighted by molar-refractivity contribution is 7.22. The first-order valence-corrected chi connectivity index (χ1v) is 8.04. The summed E-state index contributed by atoms with van der Waals surface area (Å²) in [6.07, 6.45) is 0.931. The van der Waals surface area contributed by atoms with Gasteiger partial charge < -0.3 is 10.1 Å². The molecule has 0 aliphatic carbocycles. The van der Waals surface area contributed by atoms with Crippen molar-refractivity contribution in [3.05, 3.63) is 53.1 Å². The molecule has 5 heteroatoms. The lowest BCUT2D eigenvalue weighted by atomic mass is 10.0. The number of anilines is 1. The van der Waals surface area contributed by atoms with E-state index in [2.05, 4.69) is 16.4 Å². The van der Waals surface area contributed by atoms with Crippen LogP contribution in [-0.2, 0) is 0 Å². The van der Waals surface area contributed by atoms with Gasteiger partial charge in [-0.25, -0.2) is 4.98 Å². The average molecular weight is 317 g/mol. The van der Waals surface area contributed by atoms with Crippen molar-refractivity contribution in [2.75, 3.05) is 11.9 Å². The molecule has 1 aliphatic heterocycles. The molecule has 0 spiro atoms. The van der Waals surface area contributed by atoms with E-state index in [1.165, 1.54) is 5.56 Å². The van der Waals surface area contributed by atoms with E-state index in [1.807, 2.05) is 36.4 Å². The summed E-state index contributed by atoms with van der Waals surface area (Å²) in [4.78, 5) is 4.62. The lowest BCUT2D eigenvalue weighted by Gasteiger charge is -2.26. The number of para-hydroxylation sites is 1. The smallest absolute Gasteiger partial charge is 0.184 e. The lowest BCUT2D eigenvalue weighted by molar-refractivity contribution is 0.274. The van der Waals surface area contributed by atoms with Gasteiger partial charge in [-0.1, -0.05) is 47.2 Å². The molecule has 3 nitrogen and oxygen atoms in total. The van der Waals surface area contributed by atoms with Crippen LogP contribution in [0.2, 0.25) is 5.02 Å². The summed E-state index contributed by atoms with van der Waals surface area (Å²) in [6.45, 7) is 0.723. The summed E-state index contributed by atoms with van der Waals surface area (Å²) in [5.41, 5.74) is 2.13. The van der Waals surface area contributed by atoms with Crippen LogP contribution in [0.15, 0.2) is 42.5 Å². The second-order valence-corrected chi connectivity index (χ2v) is 6.39. The fourth-order valence-corrected chi connectivity index (χ4v) is 3.83. The van der Waals surface area contributed by atoms with Crippen LogP contribution in [0.25, 0.3) is 10.2 Å². The van der Waals surface area contributed by atoms with Crippen LogP contribution >= 0.6 is 22.9 Å². The molecule has 1 atom stereocenters. The van der Waals surface area contributed by atoms with Crippen molar-refractivity contribution in [1.29, 1.82) is 0 Å². The average Bonchev–Trinajstić information content (AvgIpc) is 2.92. The zero-order valence-corrected chi connectivity index (χ0v) is 12.7.